The minimum atomic E-state index is -1.40. The standard InChI is InChI=1S/C10H16N2O5/c1-6(11)3-2-4-9(15)17-12-8(14)5-7(13)10(12)16/h6-7,13H,2-5,11H2,1H3. The van der Waals surface area contributed by atoms with Crippen LogP contribution in [0.2, 0.25) is 0 Å². The molecule has 1 fully saturated rings. The molecule has 3 N–H and O–H groups in total. The molecule has 1 aliphatic heterocycles. The summed E-state index contributed by atoms with van der Waals surface area (Å²) in [6.45, 7) is 1.81. The van der Waals surface area contributed by atoms with Crippen LogP contribution in [0.5, 0.6) is 0 Å². The predicted octanol–water partition coefficient (Wildman–Crippen LogP) is -0.918. The van der Waals surface area contributed by atoms with Crippen LogP contribution in [0.4, 0.5) is 0 Å². The second-order valence-corrected chi connectivity index (χ2v) is 4.08. The zero-order valence-electron chi connectivity index (χ0n) is 9.59. The monoisotopic (exact) mass is 244 g/mol. The zero-order chi connectivity index (χ0) is 13.0. The number of imide groups is 1. The summed E-state index contributed by atoms with van der Waals surface area (Å²) in [4.78, 5) is 38.2. The van der Waals surface area contributed by atoms with E-state index in [9.17, 15) is 14.4 Å². The number of rotatable bonds is 5. The number of carbonyl (C=O) groups excluding carboxylic acids is 3. The minimum absolute atomic E-state index is 0.0142. The van der Waals surface area contributed by atoms with Crippen molar-refractivity contribution in [2.45, 2.75) is 44.8 Å². The van der Waals surface area contributed by atoms with E-state index in [2.05, 4.69) is 4.84 Å². The van der Waals surface area contributed by atoms with Crippen molar-refractivity contribution in [2.24, 2.45) is 5.73 Å². The number of aliphatic hydroxyl groups is 1. The van der Waals surface area contributed by atoms with Crippen LogP contribution in [-0.2, 0) is 19.2 Å². The molecule has 2 unspecified atom stereocenters. The van der Waals surface area contributed by atoms with Gasteiger partial charge in [-0.05, 0) is 19.8 Å². The second kappa shape index (κ2) is 5.74. The predicted molar refractivity (Wildman–Crippen MR) is 56.1 cm³/mol. The quantitative estimate of drug-likeness (QED) is 0.605. The lowest BCUT2D eigenvalue weighted by molar-refractivity contribution is -0.198. The summed E-state index contributed by atoms with van der Waals surface area (Å²) in [6, 6.07) is -0.0142. The molecule has 2 atom stereocenters. The topological polar surface area (TPSA) is 110 Å². The van der Waals surface area contributed by atoms with Gasteiger partial charge in [-0.1, -0.05) is 5.06 Å². The van der Waals surface area contributed by atoms with E-state index < -0.39 is 23.9 Å². The van der Waals surface area contributed by atoms with Crippen molar-refractivity contribution in [3.05, 3.63) is 0 Å². The molecule has 17 heavy (non-hydrogen) atoms. The molecule has 0 aliphatic carbocycles. The van der Waals surface area contributed by atoms with Crippen molar-refractivity contribution in [1.29, 1.82) is 0 Å². The Morgan fingerprint density at radius 2 is 2.29 bits per heavy atom. The van der Waals surface area contributed by atoms with Crippen molar-refractivity contribution in [3.63, 3.8) is 0 Å². The number of aliphatic hydroxyl groups excluding tert-OH is 1. The van der Waals surface area contributed by atoms with Crippen molar-refractivity contribution in [3.8, 4) is 0 Å². The molecule has 0 saturated carbocycles. The van der Waals surface area contributed by atoms with E-state index in [-0.39, 0.29) is 18.9 Å². The largest absolute Gasteiger partial charge is 0.383 e. The lowest BCUT2D eigenvalue weighted by Gasteiger charge is -2.12. The number of hydrogen-bond donors (Lipinski definition) is 2. The van der Waals surface area contributed by atoms with Gasteiger partial charge in [-0.25, -0.2) is 4.79 Å². The number of carbonyl (C=O) groups is 3. The van der Waals surface area contributed by atoms with E-state index in [1.807, 2.05) is 6.92 Å². The van der Waals surface area contributed by atoms with Gasteiger partial charge in [-0.3, -0.25) is 9.59 Å². The van der Waals surface area contributed by atoms with Gasteiger partial charge in [0.15, 0.2) is 0 Å². The second-order valence-electron chi connectivity index (χ2n) is 4.08. The van der Waals surface area contributed by atoms with Crippen LogP contribution in [0, 0.1) is 0 Å². The Kier molecular flexibility index (Phi) is 4.59. The Morgan fingerprint density at radius 1 is 1.65 bits per heavy atom. The number of hydroxylamine groups is 2. The normalized spacial score (nSPS) is 21.8. The summed E-state index contributed by atoms with van der Waals surface area (Å²) in [6.07, 6.45) is -0.491. The van der Waals surface area contributed by atoms with Crippen molar-refractivity contribution < 1.29 is 24.3 Å². The Bertz CT molecular complexity index is 329. The molecule has 96 valence electrons. The smallest absolute Gasteiger partial charge is 0.333 e. The van der Waals surface area contributed by atoms with E-state index >= 15 is 0 Å². The maximum atomic E-state index is 11.3. The highest BCUT2D eigenvalue weighted by Crippen LogP contribution is 2.14. The summed E-state index contributed by atoms with van der Waals surface area (Å²) < 4.78 is 0. The summed E-state index contributed by atoms with van der Waals surface area (Å²) in [5.74, 6) is -2.28. The van der Waals surface area contributed by atoms with Gasteiger partial charge in [0.05, 0.1) is 6.42 Å². The number of hydrogen-bond acceptors (Lipinski definition) is 6. The average Bonchev–Trinajstić information content (AvgIpc) is 2.44. The first-order valence-corrected chi connectivity index (χ1v) is 5.43. The van der Waals surface area contributed by atoms with E-state index in [1.54, 1.807) is 0 Å². The molecule has 0 aromatic carbocycles. The maximum Gasteiger partial charge on any atom is 0.333 e. The first kappa shape index (κ1) is 13.6. The summed E-state index contributed by atoms with van der Waals surface area (Å²) in [5.41, 5.74) is 5.50. The average molecular weight is 244 g/mol. The van der Waals surface area contributed by atoms with Crippen molar-refractivity contribution in [1.82, 2.24) is 5.06 Å². The van der Waals surface area contributed by atoms with Crippen molar-refractivity contribution >= 4 is 17.8 Å². The van der Waals surface area contributed by atoms with Crippen LogP contribution in [0.25, 0.3) is 0 Å². The molecule has 1 saturated heterocycles. The molecule has 0 aromatic heterocycles. The zero-order valence-corrected chi connectivity index (χ0v) is 9.59. The van der Waals surface area contributed by atoms with Gasteiger partial charge >= 0.3 is 5.97 Å². The van der Waals surface area contributed by atoms with E-state index in [4.69, 9.17) is 10.8 Å². The lowest BCUT2D eigenvalue weighted by Crippen LogP contribution is -2.34. The van der Waals surface area contributed by atoms with Gasteiger partial charge < -0.3 is 15.7 Å². The minimum Gasteiger partial charge on any atom is -0.383 e. The van der Waals surface area contributed by atoms with Crippen LogP contribution in [0.1, 0.15) is 32.6 Å². The van der Waals surface area contributed by atoms with Crippen molar-refractivity contribution in [2.75, 3.05) is 0 Å². The molecule has 0 aromatic rings. The fourth-order valence-corrected chi connectivity index (χ4v) is 1.41. The highest BCUT2D eigenvalue weighted by atomic mass is 16.7. The summed E-state index contributed by atoms with van der Waals surface area (Å²) >= 11 is 0. The lowest BCUT2D eigenvalue weighted by atomic mass is 10.1. The Labute approximate surface area is 98.5 Å². The molecule has 0 bridgehead atoms. The van der Waals surface area contributed by atoms with E-state index in [1.165, 1.54) is 0 Å². The molecule has 1 aliphatic rings. The van der Waals surface area contributed by atoms with Gasteiger partial charge in [-0.2, -0.15) is 0 Å². The fraction of sp³-hybridized carbons (Fsp3) is 0.700. The molecule has 0 spiro atoms. The molecular formula is C10H16N2O5. The number of amides is 2. The third kappa shape index (κ3) is 3.79. The van der Waals surface area contributed by atoms with Gasteiger partial charge in [0, 0.05) is 12.5 Å². The number of nitrogens with two attached hydrogens (primary N) is 1. The molecule has 7 heteroatoms. The van der Waals surface area contributed by atoms with Gasteiger partial charge in [0.25, 0.3) is 11.8 Å². The third-order valence-corrected chi connectivity index (χ3v) is 2.31. The van der Waals surface area contributed by atoms with Crippen LogP contribution in [-0.4, -0.2) is 40.1 Å². The molecule has 0 radical (unpaired) electrons. The third-order valence-electron chi connectivity index (χ3n) is 2.31. The van der Waals surface area contributed by atoms with Crippen LogP contribution in [0.3, 0.4) is 0 Å². The molecule has 2 amide bonds. The first-order valence-electron chi connectivity index (χ1n) is 5.43. The first-order chi connectivity index (χ1) is 7.91. The Morgan fingerprint density at radius 3 is 2.76 bits per heavy atom. The Balaban J connectivity index is 2.36. The highest BCUT2D eigenvalue weighted by Gasteiger charge is 2.40. The Hall–Kier alpha value is -1.47. The van der Waals surface area contributed by atoms with Crippen LogP contribution < -0.4 is 5.73 Å². The van der Waals surface area contributed by atoms with Crippen LogP contribution in [0.15, 0.2) is 0 Å². The molecule has 1 rings (SSSR count). The van der Waals surface area contributed by atoms with Gasteiger partial charge in [0.1, 0.15) is 6.10 Å². The molecular weight excluding hydrogens is 228 g/mol. The van der Waals surface area contributed by atoms with E-state index in [0.29, 0.717) is 17.9 Å². The summed E-state index contributed by atoms with van der Waals surface area (Å²) in [7, 11) is 0. The molecule has 1 heterocycles. The fourth-order valence-electron chi connectivity index (χ4n) is 1.41. The van der Waals surface area contributed by atoms with E-state index in [0.717, 1.165) is 0 Å². The highest BCUT2D eigenvalue weighted by molar-refractivity contribution is 6.04. The summed E-state index contributed by atoms with van der Waals surface area (Å²) in [5, 5.41) is 9.41. The van der Waals surface area contributed by atoms with Crippen LogP contribution >= 0.6 is 0 Å². The number of nitrogens with zero attached hydrogens (tertiary/aromatic N) is 1. The van der Waals surface area contributed by atoms with Gasteiger partial charge in [0.2, 0.25) is 0 Å². The molecule has 7 nitrogen and oxygen atoms in total. The SMILES string of the molecule is CC(N)CCCC(=O)ON1C(=O)CC(O)C1=O. The van der Waals surface area contributed by atoms with Gasteiger partial charge in [-0.15, -0.1) is 0 Å². The maximum absolute atomic E-state index is 11.3.